The minimum absolute atomic E-state index is 0.0783. The van der Waals surface area contributed by atoms with Crippen molar-refractivity contribution in [2.45, 2.75) is 30.6 Å². The van der Waals surface area contributed by atoms with E-state index >= 15 is 0 Å². The van der Waals surface area contributed by atoms with Crippen molar-refractivity contribution in [2.75, 3.05) is 6.54 Å². The van der Waals surface area contributed by atoms with E-state index in [1.165, 1.54) is 22.7 Å². The minimum Gasteiger partial charge on any atom is -0.298 e. The van der Waals surface area contributed by atoms with E-state index in [9.17, 15) is 13.2 Å². The predicted molar refractivity (Wildman–Crippen MR) is 82.5 cm³/mol. The summed E-state index contributed by atoms with van der Waals surface area (Å²) >= 11 is 5.88. The van der Waals surface area contributed by atoms with Crippen molar-refractivity contribution in [1.29, 1.82) is 0 Å². The zero-order chi connectivity index (χ0) is 15.7. The molecular formula is C14H16ClN3O3S. The van der Waals surface area contributed by atoms with E-state index in [-0.39, 0.29) is 9.92 Å². The molecule has 1 aliphatic carbocycles. The molecule has 0 saturated heterocycles. The van der Waals surface area contributed by atoms with E-state index in [1.54, 1.807) is 12.1 Å². The van der Waals surface area contributed by atoms with Gasteiger partial charge in [-0.1, -0.05) is 23.7 Å². The third kappa shape index (κ3) is 2.91. The van der Waals surface area contributed by atoms with Crippen LogP contribution in [-0.4, -0.2) is 26.0 Å². The molecule has 0 saturated carbocycles. The maximum atomic E-state index is 12.3. The number of sulfonamides is 1. The monoisotopic (exact) mass is 341 g/mol. The second-order valence-electron chi connectivity index (χ2n) is 5.33. The summed E-state index contributed by atoms with van der Waals surface area (Å²) in [5.74, 6) is 0. The van der Waals surface area contributed by atoms with Crippen LogP contribution in [0.4, 0.5) is 4.79 Å². The molecule has 118 valence electrons. The van der Waals surface area contributed by atoms with E-state index < -0.39 is 16.1 Å². The second-order valence-corrected chi connectivity index (χ2v) is 7.39. The van der Waals surface area contributed by atoms with Crippen molar-refractivity contribution in [1.82, 2.24) is 15.2 Å². The van der Waals surface area contributed by atoms with Gasteiger partial charge in [-0.2, -0.15) is 0 Å². The Labute approximate surface area is 134 Å². The van der Waals surface area contributed by atoms with Gasteiger partial charge in [-0.25, -0.2) is 22.9 Å². The maximum absolute atomic E-state index is 12.3. The molecule has 0 radical (unpaired) electrons. The molecular weight excluding hydrogens is 326 g/mol. The highest BCUT2D eigenvalue weighted by atomic mass is 35.5. The molecule has 1 aromatic rings. The Hall–Kier alpha value is -1.73. The molecule has 8 heteroatoms. The van der Waals surface area contributed by atoms with Gasteiger partial charge < -0.3 is 0 Å². The highest BCUT2D eigenvalue weighted by molar-refractivity contribution is 7.90. The Kier molecular flexibility index (Phi) is 4.01. The Balaban J connectivity index is 1.71. The summed E-state index contributed by atoms with van der Waals surface area (Å²) in [6.07, 6.45) is 4.03. The largest absolute Gasteiger partial charge is 0.350 e. The van der Waals surface area contributed by atoms with E-state index in [1.807, 2.05) is 0 Å². The van der Waals surface area contributed by atoms with Crippen molar-refractivity contribution >= 4 is 27.7 Å². The molecule has 0 fully saturated rings. The summed E-state index contributed by atoms with van der Waals surface area (Å²) in [5, 5.41) is 1.37. The number of nitrogens with zero attached hydrogens (tertiary/aromatic N) is 1. The zero-order valence-corrected chi connectivity index (χ0v) is 13.4. The van der Waals surface area contributed by atoms with Crippen molar-refractivity contribution in [3.8, 4) is 0 Å². The Morgan fingerprint density at radius 3 is 2.68 bits per heavy atom. The van der Waals surface area contributed by atoms with Crippen molar-refractivity contribution in [3.63, 3.8) is 0 Å². The van der Waals surface area contributed by atoms with Gasteiger partial charge >= 0.3 is 6.03 Å². The van der Waals surface area contributed by atoms with Gasteiger partial charge in [0.2, 0.25) is 0 Å². The average molecular weight is 342 g/mol. The molecule has 0 unspecified atom stereocenters. The summed E-state index contributed by atoms with van der Waals surface area (Å²) in [6.45, 7) is 0.416. The molecule has 1 aromatic carbocycles. The Morgan fingerprint density at radius 2 is 1.95 bits per heavy atom. The Bertz CT molecular complexity index is 727. The molecule has 0 spiro atoms. The van der Waals surface area contributed by atoms with Gasteiger partial charge in [0.25, 0.3) is 10.0 Å². The fraction of sp³-hybridized carbons (Fsp3) is 0.357. The third-order valence-electron chi connectivity index (χ3n) is 3.79. The van der Waals surface area contributed by atoms with Crippen LogP contribution in [0, 0.1) is 0 Å². The number of carbonyl (C=O) groups is 1. The fourth-order valence-electron chi connectivity index (χ4n) is 2.68. The molecule has 2 N–H and O–H groups in total. The summed E-state index contributed by atoms with van der Waals surface area (Å²) in [6, 6.07) is 5.31. The van der Waals surface area contributed by atoms with E-state index in [4.69, 9.17) is 11.6 Å². The predicted octanol–water partition coefficient (Wildman–Crippen LogP) is 2.39. The first kappa shape index (κ1) is 15.2. The normalized spacial score (nSPS) is 18.0. The van der Waals surface area contributed by atoms with Crippen molar-refractivity contribution in [2.24, 2.45) is 0 Å². The van der Waals surface area contributed by atoms with Crippen LogP contribution in [0.3, 0.4) is 0 Å². The van der Waals surface area contributed by atoms with Crippen LogP contribution in [0.25, 0.3) is 0 Å². The van der Waals surface area contributed by atoms with Crippen LogP contribution in [-0.2, 0) is 10.0 Å². The topological polar surface area (TPSA) is 78.5 Å². The molecule has 2 amide bonds. The van der Waals surface area contributed by atoms with E-state index in [0.717, 1.165) is 31.4 Å². The number of hydrazine groups is 1. The lowest BCUT2D eigenvalue weighted by Gasteiger charge is -2.19. The number of halogens is 1. The lowest BCUT2D eigenvalue weighted by molar-refractivity contribution is 0.198. The molecule has 0 aromatic heterocycles. The summed E-state index contributed by atoms with van der Waals surface area (Å²) < 4.78 is 26.6. The molecule has 1 heterocycles. The minimum atomic E-state index is -3.99. The van der Waals surface area contributed by atoms with Crippen LogP contribution >= 0.6 is 11.6 Å². The SMILES string of the molecule is O=C(NS(=O)(=O)c1ccccc1Cl)N1CC2=C(CCCC2)N1. The summed E-state index contributed by atoms with van der Waals surface area (Å²) in [5.41, 5.74) is 5.20. The molecule has 3 rings (SSSR count). The number of benzene rings is 1. The number of urea groups is 1. The first-order valence-corrected chi connectivity index (χ1v) is 8.90. The average Bonchev–Trinajstić information content (AvgIpc) is 2.91. The van der Waals surface area contributed by atoms with Gasteiger partial charge in [-0.3, -0.25) is 5.43 Å². The molecule has 6 nitrogen and oxygen atoms in total. The maximum Gasteiger partial charge on any atom is 0.350 e. The van der Waals surface area contributed by atoms with Crippen LogP contribution in [0.15, 0.2) is 40.4 Å². The standard InChI is InChI=1S/C14H16ClN3O3S/c15-11-6-2-4-8-13(11)22(20,21)17-14(19)18-9-10-5-1-3-7-12(10)16-18/h2,4,6,8,16H,1,3,5,7,9H2,(H,17,19). The van der Waals surface area contributed by atoms with Gasteiger partial charge in [0.15, 0.2) is 0 Å². The number of carbonyl (C=O) groups excluding carboxylic acids is 1. The lowest BCUT2D eigenvalue weighted by atomic mass is 9.98. The number of hydrogen-bond donors (Lipinski definition) is 2. The number of nitrogens with one attached hydrogen (secondary N) is 2. The lowest BCUT2D eigenvalue weighted by Crippen LogP contribution is -2.46. The molecule has 22 heavy (non-hydrogen) atoms. The number of allylic oxidation sites excluding steroid dienone is 1. The Morgan fingerprint density at radius 1 is 1.23 bits per heavy atom. The summed E-state index contributed by atoms with van der Waals surface area (Å²) in [4.78, 5) is 12.1. The van der Waals surface area contributed by atoms with Gasteiger partial charge in [-0.15, -0.1) is 0 Å². The molecule has 2 aliphatic rings. The third-order valence-corrected chi connectivity index (χ3v) is 5.61. The van der Waals surface area contributed by atoms with Crippen LogP contribution in [0.5, 0.6) is 0 Å². The first-order valence-electron chi connectivity index (χ1n) is 7.04. The van der Waals surface area contributed by atoms with E-state index in [2.05, 4.69) is 10.1 Å². The van der Waals surface area contributed by atoms with Gasteiger partial charge in [0.05, 0.1) is 11.6 Å². The number of rotatable bonds is 2. The molecule has 0 atom stereocenters. The highest BCUT2D eigenvalue weighted by Gasteiger charge is 2.30. The fourth-order valence-corrected chi connectivity index (χ4v) is 4.15. The highest BCUT2D eigenvalue weighted by Crippen LogP contribution is 2.28. The van der Waals surface area contributed by atoms with Gasteiger partial charge in [0.1, 0.15) is 4.90 Å². The van der Waals surface area contributed by atoms with Crippen molar-refractivity contribution in [3.05, 3.63) is 40.6 Å². The van der Waals surface area contributed by atoms with Crippen molar-refractivity contribution < 1.29 is 13.2 Å². The quantitative estimate of drug-likeness (QED) is 0.865. The molecule has 0 bridgehead atoms. The second kappa shape index (κ2) is 5.81. The summed E-state index contributed by atoms with van der Waals surface area (Å²) in [7, 11) is -3.99. The number of amides is 2. The smallest absolute Gasteiger partial charge is 0.298 e. The van der Waals surface area contributed by atoms with Gasteiger partial charge in [0, 0.05) is 5.70 Å². The van der Waals surface area contributed by atoms with Crippen LogP contribution in [0.2, 0.25) is 5.02 Å². The van der Waals surface area contributed by atoms with Crippen LogP contribution in [0.1, 0.15) is 25.7 Å². The zero-order valence-electron chi connectivity index (χ0n) is 11.8. The molecule has 1 aliphatic heterocycles. The van der Waals surface area contributed by atoms with E-state index in [0.29, 0.717) is 6.54 Å². The van der Waals surface area contributed by atoms with Crippen LogP contribution < -0.4 is 10.1 Å². The van der Waals surface area contributed by atoms with Gasteiger partial charge in [-0.05, 0) is 43.4 Å². The first-order chi connectivity index (χ1) is 10.5. The number of hydrogen-bond acceptors (Lipinski definition) is 4.